The molecule has 0 spiro atoms. The van der Waals surface area contributed by atoms with E-state index in [4.69, 9.17) is 9.72 Å². The summed E-state index contributed by atoms with van der Waals surface area (Å²) in [7, 11) is -2.12. The van der Waals surface area contributed by atoms with Gasteiger partial charge in [0, 0.05) is 57.1 Å². The Morgan fingerprint density at radius 2 is 1.82 bits per heavy atom. The number of pyridine rings is 1. The number of hydrogen-bond acceptors (Lipinski definition) is 6. The molecule has 2 aliphatic rings. The molecule has 0 N–H and O–H groups in total. The van der Waals surface area contributed by atoms with Crippen molar-refractivity contribution < 1.29 is 17.9 Å². The Morgan fingerprint density at radius 3 is 2.54 bits per heavy atom. The number of sulfonamides is 1. The molecule has 1 amide bonds. The summed E-state index contributed by atoms with van der Waals surface area (Å²) in [5, 5.41) is 0. The van der Waals surface area contributed by atoms with Crippen LogP contribution in [0.1, 0.15) is 60.3 Å². The lowest BCUT2D eigenvalue weighted by Gasteiger charge is -2.36. The lowest BCUT2D eigenvalue weighted by atomic mass is 10.00. The van der Waals surface area contributed by atoms with Gasteiger partial charge in [-0.2, -0.15) is 4.31 Å². The van der Waals surface area contributed by atoms with Crippen LogP contribution in [0.3, 0.4) is 0 Å². The second kappa shape index (κ2) is 11.5. The highest BCUT2D eigenvalue weighted by molar-refractivity contribution is 7.89. The van der Waals surface area contributed by atoms with Crippen LogP contribution in [0.4, 0.5) is 0 Å². The average molecular weight is 552 g/mol. The summed E-state index contributed by atoms with van der Waals surface area (Å²) in [6, 6.07) is 7.32. The van der Waals surface area contributed by atoms with Gasteiger partial charge in [0.15, 0.2) is 0 Å². The number of benzene rings is 1. The highest BCUT2D eigenvalue weighted by Gasteiger charge is 2.36. The third-order valence-electron chi connectivity index (χ3n) is 7.84. The van der Waals surface area contributed by atoms with Crippen LogP contribution >= 0.6 is 0 Å². The van der Waals surface area contributed by atoms with Gasteiger partial charge >= 0.3 is 0 Å². The highest BCUT2D eigenvalue weighted by atomic mass is 32.2. The predicted octanol–water partition coefficient (Wildman–Crippen LogP) is 3.86. The van der Waals surface area contributed by atoms with E-state index in [1.807, 2.05) is 30.9 Å². The van der Waals surface area contributed by atoms with E-state index in [-0.39, 0.29) is 11.9 Å². The Bertz CT molecular complexity index is 1410. The summed E-state index contributed by atoms with van der Waals surface area (Å²) in [6.07, 6.45) is 9.77. The van der Waals surface area contributed by atoms with Crippen molar-refractivity contribution in [2.24, 2.45) is 0 Å². The predicted molar refractivity (Wildman–Crippen MR) is 148 cm³/mol. The number of methoxy groups -OCH3 is 1. The largest absolute Gasteiger partial charge is 0.497 e. The van der Waals surface area contributed by atoms with Crippen molar-refractivity contribution in [1.82, 2.24) is 23.7 Å². The smallest absolute Gasteiger partial charge is 0.243 e. The second-order valence-corrected chi connectivity index (χ2v) is 12.4. The Hall–Kier alpha value is -3.24. The van der Waals surface area contributed by atoms with Gasteiger partial charge in [0.05, 0.1) is 24.2 Å². The maximum atomic E-state index is 13.8. The zero-order chi connectivity index (χ0) is 27.6. The van der Waals surface area contributed by atoms with Crippen LogP contribution < -0.4 is 4.74 Å². The third-order valence-corrected chi connectivity index (χ3v) is 10.1. The minimum absolute atomic E-state index is 0.0552. The van der Waals surface area contributed by atoms with Gasteiger partial charge < -0.3 is 14.2 Å². The van der Waals surface area contributed by atoms with Gasteiger partial charge in [-0.3, -0.25) is 9.78 Å². The van der Waals surface area contributed by atoms with Crippen molar-refractivity contribution in [3.8, 4) is 5.75 Å². The van der Waals surface area contributed by atoms with Gasteiger partial charge in [-0.1, -0.05) is 6.42 Å². The van der Waals surface area contributed by atoms with E-state index in [1.165, 1.54) is 0 Å². The lowest BCUT2D eigenvalue weighted by Crippen LogP contribution is -2.45. The minimum Gasteiger partial charge on any atom is -0.497 e. The lowest BCUT2D eigenvalue weighted by molar-refractivity contribution is -0.133. The molecule has 0 aliphatic carbocycles. The number of imidazole rings is 1. The standard InChI is InChI=1S/C29H37N5O4S/c1-21-16-26(38-3)17-22(2)29(21)39(36,37)34-13-5-4-6-25(34)7-8-28(35)33-15-14-32-19-24(31-27(32)20-33)18-23-9-11-30-12-10-23/h9-12,16-17,19,25H,4-8,13-15,18,20H2,1-3H3. The number of nitrogens with zero attached hydrogens (tertiary/aromatic N) is 5. The number of carbonyl (C=O) groups excluding carboxylic acids is 1. The summed E-state index contributed by atoms with van der Waals surface area (Å²) in [4.78, 5) is 24.3. The zero-order valence-electron chi connectivity index (χ0n) is 23.0. The number of piperidine rings is 1. The van der Waals surface area contributed by atoms with E-state index >= 15 is 0 Å². The maximum Gasteiger partial charge on any atom is 0.243 e. The number of ether oxygens (including phenoxy) is 1. The van der Waals surface area contributed by atoms with Crippen LogP contribution in [0.15, 0.2) is 47.8 Å². The first-order valence-electron chi connectivity index (χ1n) is 13.6. The van der Waals surface area contributed by atoms with E-state index in [9.17, 15) is 13.2 Å². The van der Waals surface area contributed by atoms with Crippen molar-refractivity contribution in [3.63, 3.8) is 0 Å². The molecule has 208 valence electrons. The van der Waals surface area contributed by atoms with Crippen LogP contribution in [-0.4, -0.2) is 64.3 Å². The zero-order valence-corrected chi connectivity index (χ0v) is 23.8. The van der Waals surface area contributed by atoms with E-state index in [1.54, 1.807) is 35.9 Å². The second-order valence-electron chi connectivity index (χ2n) is 10.6. The van der Waals surface area contributed by atoms with E-state index in [0.717, 1.165) is 42.8 Å². The van der Waals surface area contributed by atoms with Crippen LogP contribution in [0, 0.1) is 13.8 Å². The van der Waals surface area contributed by atoms with Crippen molar-refractivity contribution >= 4 is 15.9 Å². The Kier molecular flexibility index (Phi) is 8.04. The summed E-state index contributed by atoms with van der Waals surface area (Å²) >= 11 is 0. The fourth-order valence-corrected chi connectivity index (χ4v) is 8.04. The first-order valence-corrected chi connectivity index (χ1v) is 15.1. The molecule has 1 unspecified atom stereocenters. The molecule has 0 bridgehead atoms. The van der Waals surface area contributed by atoms with E-state index in [2.05, 4.69) is 15.7 Å². The van der Waals surface area contributed by atoms with Gasteiger partial charge in [-0.05, 0) is 74.1 Å². The molecule has 1 atom stereocenters. The van der Waals surface area contributed by atoms with Crippen molar-refractivity contribution in [2.75, 3.05) is 20.2 Å². The number of rotatable bonds is 8. The Labute approximate surface area is 230 Å². The molecule has 2 aliphatic heterocycles. The van der Waals surface area contributed by atoms with E-state index in [0.29, 0.717) is 60.8 Å². The Balaban J connectivity index is 1.24. The molecule has 9 nitrogen and oxygen atoms in total. The maximum absolute atomic E-state index is 13.8. The third kappa shape index (κ3) is 5.86. The number of aryl methyl sites for hydroxylation is 2. The summed E-state index contributed by atoms with van der Waals surface area (Å²) in [6.45, 7) is 5.93. The quantitative estimate of drug-likeness (QED) is 0.422. The average Bonchev–Trinajstić information content (AvgIpc) is 3.33. The molecule has 0 radical (unpaired) electrons. The van der Waals surface area contributed by atoms with E-state index < -0.39 is 10.0 Å². The molecule has 1 fully saturated rings. The minimum atomic E-state index is -3.70. The van der Waals surface area contributed by atoms with Crippen molar-refractivity contribution in [2.45, 2.75) is 76.4 Å². The normalized spacial score (nSPS) is 18.1. The van der Waals surface area contributed by atoms with Crippen molar-refractivity contribution in [3.05, 3.63) is 71.1 Å². The van der Waals surface area contributed by atoms with Gasteiger partial charge in [-0.25, -0.2) is 13.4 Å². The first-order chi connectivity index (χ1) is 18.8. The molecule has 2 aromatic heterocycles. The number of aromatic nitrogens is 3. The topological polar surface area (TPSA) is 97.6 Å². The Morgan fingerprint density at radius 1 is 1.08 bits per heavy atom. The van der Waals surface area contributed by atoms with Crippen LogP contribution in [0.25, 0.3) is 0 Å². The highest BCUT2D eigenvalue weighted by Crippen LogP contribution is 2.33. The fourth-order valence-electron chi connectivity index (χ4n) is 5.90. The summed E-state index contributed by atoms with van der Waals surface area (Å²) < 4.78 is 36.8. The number of fused-ring (bicyclic) bond motifs is 1. The van der Waals surface area contributed by atoms with Crippen LogP contribution in [0.5, 0.6) is 5.75 Å². The molecule has 39 heavy (non-hydrogen) atoms. The number of carbonyl (C=O) groups is 1. The molecule has 4 heterocycles. The summed E-state index contributed by atoms with van der Waals surface area (Å²) in [5.41, 5.74) is 3.50. The van der Waals surface area contributed by atoms with Gasteiger partial charge in [0.2, 0.25) is 15.9 Å². The molecule has 1 aromatic carbocycles. The van der Waals surface area contributed by atoms with Crippen molar-refractivity contribution in [1.29, 1.82) is 0 Å². The molecule has 0 saturated carbocycles. The number of hydrogen-bond donors (Lipinski definition) is 0. The molecule has 1 saturated heterocycles. The van der Waals surface area contributed by atoms with Gasteiger partial charge in [0.1, 0.15) is 11.6 Å². The van der Waals surface area contributed by atoms with Gasteiger partial charge in [0.25, 0.3) is 0 Å². The van der Waals surface area contributed by atoms with Gasteiger partial charge in [-0.15, -0.1) is 0 Å². The molecule has 3 aromatic rings. The molecule has 5 rings (SSSR count). The monoisotopic (exact) mass is 551 g/mol. The number of amides is 1. The first kappa shape index (κ1) is 27.3. The SMILES string of the molecule is COc1cc(C)c(S(=O)(=O)N2CCCCC2CCC(=O)N2CCn3cc(Cc4ccncc4)nc3C2)c(C)c1. The van der Waals surface area contributed by atoms with Crippen LogP contribution in [0.2, 0.25) is 0 Å². The summed E-state index contributed by atoms with van der Waals surface area (Å²) in [5.74, 6) is 1.60. The molecular formula is C29H37N5O4S. The fraction of sp³-hybridized carbons (Fsp3) is 0.483. The molecular weight excluding hydrogens is 514 g/mol. The van der Waals surface area contributed by atoms with Crippen LogP contribution in [-0.2, 0) is 34.3 Å². The molecule has 10 heteroatoms.